The van der Waals surface area contributed by atoms with E-state index in [9.17, 15) is 0 Å². The molecular weight excluding hydrogens is 402 g/mol. The minimum absolute atomic E-state index is 0. The quantitative estimate of drug-likeness (QED) is 0.523. The molecule has 0 bridgehead atoms. The fraction of sp³-hybridized carbons (Fsp3) is 0.381. The second-order valence-electron chi connectivity index (χ2n) is 7.98. The Hall–Kier alpha value is -2.84. The van der Waals surface area contributed by atoms with Gasteiger partial charge in [0.15, 0.2) is 5.65 Å². The average Bonchev–Trinajstić information content (AvgIpc) is 3.17. The van der Waals surface area contributed by atoms with Gasteiger partial charge in [0, 0.05) is 42.5 Å². The van der Waals surface area contributed by atoms with Gasteiger partial charge < -0.3 is 15.0 Å². The second-order valence-corrected chi connectivity index (χ2v) is 7.98. The summed E-state index contributed by atoms with van der Waals surface area (Å²) in [4.78, 5) is 7.21. The van der Waals surface area contributed by atoms with E-state index >= 15 is 0 Å². The molecule has 156 valence electrons. The van der Waals surface area contributed by atoms with Crippen LogP contribution in [0, 0.1) is 0 Å². The van der Waals surface area contributed by atoms with Crippen molar-refractivity contribution in [2.45, 2.75) is 25.3 Å². The van der Waals surface area contributed by atoms with Gasteiger partial charge in [-0.3, -0.25) is 5.10 Å². The Bertz CT molecular complexity index is 1200. The SMILES string of the molecule is CCOc1cc(-c2ccc(N3CCNC4(CC4)C3)nc2)c2c3cn[nH]c3nn2c1.Cl. The maximum atomic E-state index is 5.78. The Kier molecular flexibility index (Phi) is 4.56. The Labute approximate surface area is 180 Å². The number of aromatic nitrogens is 5. The number of hydrogen-bond acceptors (Lipinski definition) is 6. The van der Waals surface area contributed by atoms with Crippen molar-refractivity contribution in [2.24, 2.45) is 0 Å². The molecule has 2 aliphatic rings. The molecule has 1 aliphatic heterocycles. The molecule has 1 saturated carbocycles. The normalized spacial score (nSPS) is 17.4. The first-order chi connectivity index (χ1) is 14.2. The van der Waals surface area contributed by atoms with E-state index in [0.717, 1.165) is 58.9 Å². The van der Waals surface area contributed by atoms with Crippen molar-refractivity contribution >= 4 is 34.8 Å². The summed E-state index contributed by atoms with van der Waals surface area (Å²) < 4.78 is 7.64. The second kappa shape index (κ2) is 7.14. The minimum Gasteiger partial charge on any atom is -0.492 e. The Morgan fingerprint density at radius 2 is 2.13 bits per heavy atom. The fourth-order valence-electron chi connectivity index (χ4n) is 4.38. The minimum atomic E-state index is 0. The average molecular weight is 426 g/mol. The van der Waals surface area contributed by atoms with Crippen molar-refractivity contribution < 1.29 is 4.74 Å². The summed E-state index contributed by atoms with van der Waals surface area (Å²) in [6.45, 7) is 5.65. The first-order valence-electron chi connectivity index (χ1n) is 10.2. The van der Waals surface area contributed by atoms with Crippen LogP contribution in [-0.2, 0) is 0 Å². The van der Waals surface area contributed by atoms with Crippen molar-refractivity contribution in [2.75, 3.05) is 31.1 Å². The molecule has 2 N–H and O–H groups in total. The molecule has 0 aromatic carbocycles. The van der Waals surface area contributed by atoms with Gasteiger partial charge in [-0.1, -0.05) is 0 Å². The van der Waals surface area contributed by atoms with Gasteiger partial charge in [0.1, 0.15) is 11.6 Å². The largest absolute Gasteiger partial charge is 0.492 e. The fourth-order valence-corrected chi connectivity index (χ4v) is 4.38. The molecule has 0 atom stereocenters. The molecule has 0 radical (unpaired) electrons. The lowest BCUT2D eigenvalue weighted by Gasteiger charge is -2.34. The van der Waals surface area contributed by atoms with Gasteiger partial charge in [-0.2, -0.15) is 5.10 Å². The molecule has 0 unspecified atom stereocenters. The standard InChI is InChI=1S/C21H23N7O.ClH/c1-2-29-15-9-16(19-17-11-24-25-20(17)26-28(19)12-15)14-3-4-18(22-10-14)27-8-7-23-21(13-27)5-6-21;/h3-4,9-12,23H,2,5-8,13H2,1H3,(H,25,26);1H. The van der Waals surface area contributed by atoms with Gasteiger partial charge in [-0.05, 0) is 38.0 Å². The zero-order valence-corrected chi connectivity index (χ0v) is 17.6. The summed E-state index contributed by atoms with van der Waals surface area (Å²) in [7, 11) is 0. The van der Waals surface area contributed by atoms with Gasteiger partial charge in [0.2, 0.25) is 0 Å². The van der Waals surface area contributed by atoms with Crippen LogP contribution in [0.1, 0.15) is 19.8 Å². The number of halogens is 1. The zero-order valence-electron chi connectivity index (χ0n) is 16.8. The van der Waals surface area contributed by atoms with Crippen molar-refractivity contribution in [1.82, 2.24) is 30.1 Å². The van der Waals surface area contributed by atoms with E-state index in [0.29, 0.717) is 12.1 Å². The van der Waals surface area contributed by atoms with E-state index in [1.165, 1.54) is 12.8 Å². The molecule has 4 aromatic rings. The summed E-state index contributed by atoms with van der Waals surface area (Å²) in [5.74, 6) is 1.83. The Balaban J connectivity index is 0.00000193. The number of nitrogens with zero attached hydrogens (tertiary/aromatic N) is 5. The topological polar surface area (TPSA) is 83.4 Å². The predicted octanol–water partition coefficient (Wildman–Crippen LogP) is 3.04. The number of H-pyrrole nitrogens is 1. The van der Waals surface area contributed by atoms with Crippen LogP contribution in [0.5, 0.6) is 5.75 Å². The summed E-state index contributed by atoms with van der Waals surface area (Å²) in [5, 5.41) is 16.3. The van der Waals surface area contributed by atoms with Crippen LogP contribution in [0.15, 0.2) is 36.8 Å². The van der Waals surface area contributed by atoms with E-state index < -0.39 is 0 Å². The Morgan fingerprint density at radius 3 is 2.90 bits per heavy atom. The van der Waals surface area contributed by atoms with Gasteiger partial charge >= 0.3 is 0 Å². The van der Waals surface area contributed by atoms with Crippen LogP contribution in [-0.4, -0.2) is 56.6 Å². The van der Waals surface area contributed by atoms with Crippen LogP contribution < -0.4 is 15.0 Å². The molecule has 1 aliphatic carbocycles. The third-order valence-electron chi connectivity index (χ3n) is 6.03. The summed E-state index contributed by atoms with van der Waals surface area (Å²) >= 11 is 0. The van der Waals surface area contributed by atoms with Gasteiger partial charge in [0.05, 0.1) is 29.9 Å². The first kappa shape index (κ1) is 19.1. The monoisotopic (exact) mass is 425 g/mol. The number of nitrogens with one attached hydrogen (secondary N) is 2. The molecule has 30 heavy (non-hydrogen) atoms. The van der Waals surface area contributed by atoms with Crippen molar-refractivity contribution in [3.8, 4) is 16.9 Å². The Morgan fingerprint density at radius 1 is 1.23 bits per heavy atom. The molecule has 8 nitrogen and oxygen atoms in total. The molecule has 5 heterocycles. The van der Waals surface area contributed by atoms with Crippen molar-refractivity contribution in [1.29, 1.82) is 0 Å². The van der Waals surface area contributed by atoms with Crippen LogP contribution in [0.3, 0.4) is 0 Å². The lowest BCUT2D eigenvalue weighted by molar-refractivity contribution is 0.338. The number of rotatable bonds is 4. The molecule has 4 aromatic heterocycles. The molecular formula is C21H24ClN7O. The molecule has 9 heteroatoms. The summed E-state index contributed by atoms with van der Waals surface area (Å²) in [5.41, 5.74) is 4.18. The number of fused-ring (bicyclic) bond motifs is 3. The van der Waals surface area contributed by atoms with Crippen molar-refractivity contribution in [3.63, 3.8) is 0 Å². The maximum absolute atomic E-state index is 5.78. The maximum Gasteiger partial charge on any atom is 0.178 e. The molecule has 0 amide bonds. The molecule has 1 spiro atoms. The van der Waals surface area contributed by atoms with E-state index in [-0.39, 0.29) is 12.4 Å². The van der Waals surface area contributed by atoms with Gasteiger partial charge in [0.25, 0.3) is 0 Å². The number of pyridine rings is 2. The summed E-state index contributed by atoms with van der Waals surface area (Å²) in [6.07, 6.45) is 8.23. The van der Waals surface area contributed by atoms with Crippen molar-refractivity contribution in [3.05, 3.63) is 36.8 Å². The smallest absolute Gasteiger partial charge is 0.178 e. The van der Waals surface area contributed by atoms with Gasteiger partial charge in [-0.15, -0.1) is 17.5 Å². The van der Waals surface area contributed by atoms with Gasteiger partial charge in [-0.25, -0.2) is 9.50 Å². The van der Waals surface area contributed by atoms with E-state index in [4.69, 9.17) is 9.72 Å². The van der Waals surface area contributed by atoms with E-state index in [2.05, 4.69) is 43.7 Å². The molecule has 1 saturated heterocycles. The number of hydrogen-bond donors (Lipinski definition) is 2. The molecule has 6 rings (SSSR count). The van der Waals surface area contributed by atoms with E-state index in [1.807, 2.05) is 30.0 Å². The van der Waals surface area contributed by atoms with E-state index in [1.54, 1.807) is 0 Å². The van der Waals surface area contributed by atoms with Crippen LogP contribution in [0.2, 0.25) is 0 Å². The highest BCUT2D eigenvalue weighted by Crippen LogP contribution is 2.39. The van der Waals surface area contributed by atoms with Crippen LogP contribution in [0.4, 0.5) is 5.82 Å². The number of anilines is 1. The zero-order chi connectivity index (χ0) is 19.4. The van der Waals surface area contributed by atoms with Crippen LogP contribution in [0.25, 0.3) is 27.7 Å². The lowest BCUT2D eigenvalue weighted by atomic mass is 10.1. The third kappa shape index (κ3) is 3.07. The lowest BCUT2D eigenvalue weighted by Crippen LogP contribution is -2.52. The highest BCUT2D eigenvalue weighted by molar-refractivity contribution is 6.00. The number of piperazine rings is 1. The first-order valence-corrected chi connectivity index (χ1v) is 10.2. The third-order valence-corrected chi connectivity index (χ3v) is 6.03. The highest BCUT2D eigenvalue weighted by atomic mass is 35.5. The highest BCUT2D eigenvalue weighted by Gasteiger charge is 2.45. The van der Waals surface area contributed by atoms with Crippen LogP contribution >= 0.6 is 12.4 Å². The molecule has 2 fully saturated rings. The summed E-state index contributed by atoms with van der Waals surface area (Å²) in [6, 6.07) is 6.34. The predicted molar refractivity (Wildman–Crippen MR) is 119 cm³/mol. The number of aromatic amines is 1. The number of ether oxygens (including phenoxy) is 1.